The number of ether oxygens (including phenoxy) is 1. The number of alkyl carbamates (subject to hydrolysis) is 1. The molecule has 1 aliphatic rings. The van der Waals surface area contributed by atoms with E-state index in [1.807, 2.05) is 36.4 Å². The van der Waals surface area contributed by atoms with Crippen LogP contribution < -0.4 is 10.2 Å². The molecule has 2 aromatic carbocycles. The summed E-state index contributed by atoms with van der Waals surface area (Å²) in [4.78, 5) is 20.8. The topological polar surface area (TPSA) is 54.5 Å². The summed E-state index contributed by atoms with van der Waals surface area (Å²) < 4.78 is 4.91. The maximum Gasteiger partial charge on any atom is 0.407 e. The van der Waals surface area contributed by atoms with Gasteiger partial charge in [0, 0.05) is 28.4 Å². The Morgan fingerprint density at radius 2 is 2.07 bits per heavy atom. The molecule has 0 bridgehead atoms. The number of aromatic nitrogens is 1. The van der Waals surface area contributed by atoms with Crippen molar-refractivity contribution in [1.29, 1.82) is 0 Å². The van der Waals surface area contributed by atoms with Gasteiger partial charge in [0.15, 0.2) is 0 Å². The number of fused-ring (bicyclic) bond motifs is 3. The lowest BCUT2D eigenvalue weighted by Gasteiger charge is -2.32. The Kier molecular flexibility index (Phi) is 5.59. The number of rotatable bonds is 5. The minimum atomic E-state index is -0.381. The number of hydrogen-bond acceptors (Lipinski definition) is 5. The molecular formula is C21H20ClN3O2S. The standard InChI is InChI=1S/C21H20ClN3O2S/c1-2-27-21(26)23-10-5-11-25-17-9-8-15(22)13-18(17)28-19-12-14-6-3-4-7-16(14)24-20(19)25/h3-4,6-9,12-13H,2,5,10-11H2,1H3,(H,23,26). The van der Waals surface area contributed by atoms with Crippen LogP contribution in [0, 0.1) is 0 Å². The second kappa shape index (κ2) is 8.29. The number of pyridine rings is 1. The molecule has 0 aliphatic carbocycles. The summed E-state index contributed by atoms with van der Waals surface area (Å²) in [5.74, 6) is 0.939. The summed E-state index contributed by atoms with van der Waals surface area (Å²) >= 11 is 7.92. The van der Waals surface area contributed by atoms with Crippen molar-refractivity contribution in [3.05, 3.63) is 53.6 Å². The van der Waals surface area contributed by atoms with Gasteiger partial charge in [-0.3, -0.25) is 0 Å². The molecule has 4 rings (SSSR count). The maximum atomic E-state index is 11.5. The summed E-state index contributed by atoms with van der Waals surface area (Å²) in [6.45, 7) is 3.42. The molecule has 0 fully saturated rings. The van der Waals surface area contributed by atoms with Gasteiger partial charge in [0.05, 0.1) is 22.7 Å². The van der Waals surface area contributed by atoms with Gasteiger partial charge < -0.3 is 15.0 Å². The normalized spacial score (nSPS) is 12.4. The number of carbonyl (C=O) groups excluding carboxylic acids is 1. The lowest BCUT2D eigenvalue weighted by molar-refractivity contribution is 0.152. The number of anilines is 2. The number of nitrogens with one attached hydrogen (secondary N) is 1. The van der Waals surface area contributed by atoms with E-state index in [4.69, 9.17) is 21.3 Å². The molecule has 0 saturated heterocycles. The van der Waals surface area contributed by atoms with Crippen LogP contribution in [0.3, 0.4) is 0 Å². The highest BCUT2D eigenvalue weighted by Crippen LogP contribution is 2.48. The van der Waals surface area contributed by atoms with E-state index in [0.717, 1.165) is 45.2 Å². The van der Waals surface area contributed by atoms with Crippen LogP contribution in [0.1, 0.15) is 13.3 Å². The highest BCUT2D eigenvalue weighted by molar-refractivity contribution is 7.99. The molecule has 1 amide bonds. The lowest BCUT2D eigenvalue weighted by Crippen LogP contribution is -2.29. The smallest absolute Gasteiger partial charge is 0.407 e. The van der Waals surface area contributed by atoms with Crippen LogP contribution in [-0.2, 0) is 4.74 Å². The van der Waals surface area contributed by atoms with Crippen LogP contribution >= 0.6 is 23.4 Å². The Morgan fingerprint density at radius 3 is 2.93 bits per heavy atom. The van der Waals surface area contributed by atoms with Crippen molar-refractivity contribution in [1.82, 2.24) is 10.3 Å². The highest BCUT2D eigenvalue weighted by atomic mass is 35.5. The molecule has 0 radical (unpaired) electrons. The van der Waals surface area contributed by atoms with E-state index in [0.29, 0.717) is 18.2 Å². The van der Waals surface area contributed by atoms with Gasteiger partial charge in [-0.25, -0.2) is 9.78 Å². The first-order chi connectivity index (χ1) is 13.7. The second-order valence-electron chi connectivity index (χ2n) is 6.37. The van der Waals surface area contributed by atoms with Crippen LogP contribution in [-0.4, -0.2) is 30.8 Å². The third-order valence-corrected chi connectivity index (χ3v) is 5.76. The Balaban J connectivity index is 1.62. The van der Waals surface area contributed by atoms with Gasteiger partial charge in [-0.2, -0.15) is 0 Å². The SMILES string of the molecule is CCOC(=O)NCCCN1c2ccc(Cl)cc2Sc2cc3ccccc3nc21. The molecule has 0 spiro atoms. The number of carbonyl (C=O) groups is 1. The van der Waals surface area contributed by atoms with Crippen LogP contribution in [0.4, 0.5) is 16.3 Å². The molecule has 144 valence electrons. The summed E-state index contributed by atoms with van der Waals surface area (Å²) in [7, 11) is 0. The summed E-state index contributed by atoms with van der Waals surface area (Å²) in [6.07, 6.45) is 0.382. The maximum absolute atomic E-state index is 11.5. The van der Waals surface area contributed by atoms with Gasteiger partial charge in [-0.1, -0.05) is 41.6 Å². The zero-order valence-corrected chi connectivity index (χ0v) is 17.0. The Hall–Kier alpha value is -2.44. The van der Waals surface area contributed by atoms with E-state index >= 15 is 0 Å². The number of benzene rings is 2. The van der Waals surface area contributed by atoms with E-state index in [1.165, 1.54) is 0 Å². The molecular weight excluding hydrogens is 394 g/mol. The van der Waals surface area contributed by atoms with Crippen LogP contribution in [0.2, 0.25) is 5.02 Å². The van der Waals surface area contributed by atoms with Gasteiger partial charge in [0.2, 0.25) is 0 Å². The van der Waals surface area contributed by atoms with Crippen molar-refractivity contribution < 1.29 is 9.53 Å². The minimum absolute atomic E-state index is 0.369. The first-order valence-corrected chi connectivity index (χ1v) is 10.4. The minimum Gasteiger partial charge on any atom is -0.450 e. The number of hydrogen-bond donors (Lipinski definition) is 1. The quantitative estimate of drug-likeness (QED) is 0.549. The van der Waals surface area contributed by atoms with Crippen LogP contribution in [0.25, 0.3) is 10.9 Å². The van der Waals surface area contributed by atoms with E-state index in [9.17, 15) is 4.79 Å². The molecule has 0 saturated carbocycles. The monoisotopic (exact) mass is 413 g/mol. The highest BCUT2D eigenvalue weighted by Gasteiger charge is 2.25. The zero-order chi connectivity index (χ0) is 19.5. The van der Waals surface area contributed by atoms with Gasteiger partial charge in [-0.05, 0) is 43.7 Å². The fourth-order valence-electron chi connectivity index (χ4n) is 3.22. The van der Waals surface area contributed by atoms with Gasteiger partial charge in [-0.15, -0.1) is 0 Å². The van der Waals surface area contributed by atoms with Crippen LogP contribution in [0.5, 0.6) is 0 Å². The summed E-state index contributed by atoms with van der Waals surface area (Å²) in [5.41, 5.74) is 2.05. The van der Waals surface area contributed by atoms with Crippen molar-refractivity contribution >= 4 is 51.9 Å². The van der Waals surface area contributed by atoms with E-state index in [1.54, 1.807) is 18.7 Å². The van der Waals surface area contributed by atoms with Crippen molar-refractivity contribution in [2.24, 2.45) is 0 Å². The molecule has 7 heteroatoms. The molecule has 1 N–H and O–H groups in total. The summed E-state index contributed by atoms with van der Waals surface area (Å²) in [5, 5.41) is 4.60. The van der Waals surface area contributed by atoms with Crippen molar-refractivity contribution in [2.45, 2.75) is 23.1 Å². The Morgan fingerprint density at radius 1 is 1.21 bits per heavy atom. The third-order valence-electron chi connectivity index (χ3n) is 4.46. The Labute approximate surface area is 173 Å². The summed E-state index contributed by atoms with van der Waals surface area (Å²) in [6, 6.07) is 16.2. The molecule has 28 heavy (non-hydrogen) atoms. The first-order valence-electron chi connectivity index (χ1n) is 9.21. The van der Waals surface area contributed by atoms with Gasteiger partial charge in [0.1, 0.15) is 5.82 Å². The number of halogens is 1. The zero-order valence-electron chi connectivity index (χ0n) is 15.4. The number of para-hydroxylation sites is 1. The van der Waals surface area contributed by atoms with Crippen molar-refractivity contribution in [2.75, 3.05) is 24.6 Å². The third kappa shape index (κ3) is 3.88. The Bertz CT molecular complexity index is 1030. The van der Waals surface area contributed by atoms with Crippen molar-refractivity contribution in [3.63, 3.8) is 0 Å². The average molecular weight is 414 g/mol. The van der Waals surface area contributed by atoms with E-state index in [-0.39, 0.29) is 6.09 Å². The predicted octanol–water partition coefficient (Wildman–Crippen LogP) is 5.63. The molecule has 1 aromatic heterocycles. The van der Waals surface area contributed by atoms with E-state index < -0.39 is 0 Å². The van der Waals surface area contributed by atoms with Gasteiger partial charge >= 0.3 is 6.09 Å². The van der Waals surface area contributed by atoms with Gasteiger partial charge in [0.25, 0.3) is 0 Å². The number of amides is 1. The van der Waals surface area contributed by atoms with E-state index in [2.05, 4.69) is 22.3 Å². The predicted molar refractivity (Wildman–Crippen MR) is 114 cm³/mol. The molecule has 5 nitrogen and oxygen atoms in total. The number of nitrogens with zero attached hydrogens (tertiary/aromatic N) is 2. The average Bonchev–Trinajstić information content (AvgIpc) is 2.69. The fourth-order valence-corrected chi connectivity index (χ4v) is 4.59. The largest absolute Gasteiger partial charge is 0.450 e. The lowest BCUT2D eigenvalue weighted by atomic mass is 10.2. The molecule has 0 atom stereocenters. The van der Waals surface area contributed by atoms with Crippen LogP contribution in [0.15, 0.2) is 58.3 Å². The molecule has 0 unspecified atom stereocenters. The molecule has 3 aromatic rings. The molecule has 2 heterocycles. The second-order valence-corrected chi connectivity index (χ2v) is 7.89. The fraction of sp³-hybridized carbons (Fsp3) is 0.238. The first kappa shape index (κ1) is 18.9. The van der Waals surface area contributed by atoms with Crippen molar-refractivity contribution in [3.8, 4) is 0 Å². The molecule has 1 aliphatic heterocycles.